The van der Waals surface area contributed by atoms with Crippen molar-refractivity contribution in [2.75, 3.05) is 23.8 Å². The topological polar surface area (TPSA) is 180 Å². The van der Waals surface area contributed by atoms with Crippen molar-refractivity contribution in [2.24, 2.45) is 0 Å². The standard InChI is InChI=1S/C22H20N4O3.C22H18N4O2.C4H8O.CH4/c1-14(27)20(22(29)26-25-21(28)15-8-4-3-5-9-15)24-19-13-12-18(23-2)16-10-6-7-11-17(16)19;1-14(27)20(22-26-25-21(28-22)15-8-4-3-5-9-15)24-19-13-12-18(23-2)16-10-6-7-11-17(16)19;1-2-4-5-3-1;/h3-14,20,24,27H,1H3,(H,25,28)(H,26,29);3-14,20,24,27H,1H3;1-4H2;1H4/t2*14-,20+;;/m00../s1. The van der Waals surface area contributed by atoms with Gasteiger partial charge in [0, 0.05) is 35.7 Å². The molecule has 0 aliphatic carbocycles. The third-order valence-electron chi connectivity index (χ3n) is 9.80. The van der Waals surface area contributed by atoms with Crippen LogP contribution in [0.25, 0.3) is 42.7 Å². The molecule has 4 atom stereocenters. The molecule has 1 saturated heterocycles. The summed E-state index contributed by atoms with van der Waals surface area (Å²) in [5, 5.41) is 38.3. The van der Waals surface area contributed by atoms with Crippen LogP contribution in [-0.4, -0.2) is 63.7 Å². The van der Waals surface area contributed by atoms with Gasteiger partial charge in [0.1, 0.15) is 12.1 Å². The second-order valence-electron chi connectivity index (χ2n) is 14.2. The number of hydrazine groups is 1. The van der Waals surface area contributed by atoms with Gasteiger partial charge in [0.15, 0.2) is 11.4 Å². The van der Waals surface area contributed by atoms with Crippen LogP contribution < -0.4 is 21.5 Å². The summed E-state index contributed by atoms with van der Waals surface area (Å²) >= 11 is 0. The van der Waals surface area contributed by atoms with Crippen molar-refractivity contribution in [1.29, 1.82) is 0 Å². The molecule has 1 aliphatic rings. The smallest absolute Gasteiger partial charge is 0.269 e. The molecule has 0 bridgehead atoms. The van der Waals surface area contributed by atoms with Crippen LogP contribution in [0, 0.1) is 13.1 Å². The first-order chi connectivity index (χ1) is 30.2. The number of fused-ring (bicyclic) bond motifs is 2. The minimum absolute atomic E-state index is 0. The van der Waals surface area contributed by atoms with Crippen molar-refractivity contribution in [2.45, 2.75) is 58.4 Å². The zero-order valence-electron chi connectivity index (χ0n) is 34.2. The number of ether oxygens (including phenoxy) is 1. The molecule has 7 aromatic rings. The Labute approximate surface area is 366 Å². The molecular formula is C49H50N8O6. The molecule has 0 spiro atoms. The lowest BCUT2D eigenvalue weighted by atomic mass is 10.1. The lowest BCUT2D eigenvalue weighted by molar-refractivity contribution is -0.124. The van der Waals surface area contributed by atoms with Crippen molar-refractivity contribution in [3.05, 3.63) is 168 Å². The van der Waals surface area contributed by atoms with E-state index in [1.165, 1.54) is 19.8 Å². The number of hydrogen-bond acceptors (Lipinski definition) is 10. The number of aliphatic hydroxyl groups is 2. The van der Waals surface area contributed by atoms with Gasteiger partial charge in [-0.15, -0.1) is 10.2 Å². The van der Waals surface area contributed by atoms with Crippen LogP contribution in [-0.2, 0) is 9.53 Å². The normalized spacial score (nSPS) is 13.4. The second kappa shape index (κ2) is 22.8. The second-order valence-corrected chi connectivity index (χ2v) is 14.2. The molecule has 6 N–H and O–H groups in total. The zero-order valence-corrected chi connectivity index (χ0v) is 34.2. The predicted octanol–water partition coefficient (Wildman–Crippen LogP) is 9.42. The van der Waals surface area contributed by atoms with Gasteiger partial charge in [-0.1, -0.05) is 104 Å². The van der Waals surface area contributed by atoms with Gasteiger partial charge in [-0.3, -0.25) is 20.4 Å². The minimum atomic E-state index is -1.04. The van der Waals surface area contributed by atoms with Gasteiger partial charge in [0.25, 0.3) is 11.8 Å². The molecule has 6 aromatic carbocycles. The molecule has 63 heavy (non-hydrogen) atoms. The molecule has 2 amide bonds. The summed E-state index contributed by atoms with van der Waals surface area (Å²) in [4.78, 5) is 31.8. The SMILES string of the molecule is C.C1CCOC1.[C-]#[N+]c1ccc(N[C@@H](C(=O)NNC(=O)c2ccccc2)[C@H](C)O)c2ccccc12.[C-]#[N+]c1ccc(N[C@@H](c2nnc(-c3ccccc3)o2)[C@H](C)O)c2ccccc12. The molecular weight excluding hydrogens is 797 g/mol. The number of amides is 2. The minimum Gasteiger partial charge on any atom is -0.418 e. The summed E-state index contributed by atoms with van der Waals surface area (Å²) in [6, 6.07) is 38.3. The Bertz CT molecular complexity index is 2660. The largest absolute Gasteiger partial charge is 0.418 e. The monoisotopic (exact) mass is 846 g/mol. The quantitative estimate of drug-likeness (QED) is 0.0574. The van der Waals surface area contributed by atoms with Crippen LogP contribution in [0.5, 0.6) is 0 Å². The number of aromatic nitrogens is 2. The van der Waals surface area contributed by atoms with E-state index in [0.717, 1.165) is 46.0 Å². The molecule has 0 unspecified atom stereocenters. The fourth-order valence-electron chi connectivity index (χ4n) is 6.57. The third kappa shape index (κ3) is 12.0. The van der Waals surface area contributed by atoms with E-state index < -0.39 is 36.1 Å². The Hall–Kier alpha value is -7.62. The van der Waals surface area contributed by atoms with Crippen LogP contribution in [0.15, 0.2) is 138 Å². The van der Waals surface area contributed by atoms with Crippen LogP contribution in [0.4, 0.5) is 22.7 Å². The summed E-state index contributed by atoms with van der Waals surface area (Å²) in [5.41, 5.74) is 8.37. The first-order valence-electron chi connectivity index (χ1n) is 20.0. The van der Waals surface area contributed by atoms with Crippen molar-refractivity contribution in [3.8, 4) is 11.5 Å². The maximum absolute atomic E-state index is 12.6. The van der Waals surface area contributed by atoms with Crippen molar-refractivity contribution >= 4 is 56.1 Å². The van der Waals surface area contributed by atoms with Crippen molar-refractivity contribution in [1.82, 2.24) is 21.0 Å². The number of nitrogens with zero attached hydrogens (tertiary/aromatic N) is 4. The summed E-state index contributed by atoms with van der Waals surface area (Å²) < 4.78 is 10.8. The van der Waals surface area contributed by atoms with E-state index in [1.807, 2.05) is 84.9 Å². The van der Waals surface area contributed by atoms with Gasteiger partial charge >= 0.3 is 0 Å². The summed E-state index contributed by atoms with van der Waals surface area (Å²) in [6.45, 7) is 19.8. The molecule has 0 radical (unpaired) electrons. The Morgan fingerprint density at radius 1 is 0.635 bits per heavy atom. The van der Waals surface area contributed by atoms with Crippen molar-refractivity contribution in [3.63, 3.8) is 0 Å². The van der Waals surface area contributed by atoms with E-state index in [9.17, 15) is 19.8 Å². The Morgan fingerprint density at radius 2 is 1.14 bits per heavy atom. The third-order valence-corrected chi connectivity index (χ3v) is 9.80. The Balaban J connectivity index is 0.000000210. The van der Waals surface area contributed by atoms with E-state index in [2.05, 4.69) is 41.4 Å². The summed E-state index contributed by atoms with van der Waals surface area (Å²) in [7, 11) is 0. The number of anilines is 2. The molecule has 0 saturated carbocycles. The summed E-state index contributed by atoms with van der Waals surface area (Å²) in [6.07, 6.45) is 0.742. The number of aliphatic hydroxyl groups excluding tert-OH is 2. The molecule has 322 valence electrons. The van der Waals surface area contributed by atoms with E-state index >= 15 is 0 Å². The van der Waals surface area contributed by atoms with Crippen LogP contribution in [0.1, 0.15) is 56.4 Å². The lowest BCUT2D eigenvalue weighted by Gasteiger charge is -2.23. The Morgan fingerprint density at radius 3 is 1.63 bits per heavy atom. The first-order valence-corrected chi connectivity index (χ1v) is 20.0. The van der Waals surface area contributed by atoms with E-state index in [4.69, 9.17) is 22.3 Å². The molecule has 1 aromatic heterocycles. The molecule has 1 fully saturated rings. The highest BCUT2D eigenvalue weighted by Crippen LogP contribution is 2.35. The highest BCUT2D eigenvalue weighted by Gasteiger charge is 2.26. The van der Waals surface area contributed by atoms with Crippen molar-refractivity contribution < 1.29 is 29.0 Å². The van der Waals surface area contributed by atoms with Crippen LogP contribution in [0.2, 0.25) is 0 Å². The van der Waals surface area contributed by atoms with E-state index in [-0.39, 0.29) is 7.43 Å². The number of carbonyl (C=O) groups is 2. The maximum atomic E-state index is 12.6. The molecule has 2 heterocycles. The fraction of sp³-hybridized carbons (Fsp3) is 0.224. The Kier molecular flexibility index (Phi) is 16.8. The molecule has 14 nitrogen and oxygen atoms in total. The van der Waals surface area contributed by atoms with E-state index in [1.54, 1.807) is 55.5 Å². The number of benzene rings is 6. The number of carbonyl (C=O) groups excluding carboxylic acids is 2. The van der Waals surface area contributed by atoms with E-state index in [0.29, 0.717) is 34.4 Å². The highest BCUT2D eigenvalue weighted by molar-refractivity contribution is 6.04. The van der Waals surface area contributed by atoms with Gasteiger partial charge in [-0.2, -0.15) is 0 Å². The van der Waals surface area contributed by atoms with Gasteiger partial charge in [0.2, 0.25) is 11.8 Å². The number of hydrogen-bond donors (Lipinski definition) is 6. The molecule has 1 aliphatic heterocycles. The number of rotatable bonds is 10. The fourth-order valence-corrected chi connectivity index (χ4v) is 6.57. The predicted molar refractivity (Wildman–Crippen MR) is 246 cm³/mol. The average Bonchev–Trinajstić information content (AvgIpc) is 4.07. The maximum Gasteiger partial charge on any atom is 0.269 e. The van der Waals surface area contributed by atoms with Gasteiger partial charge in [0.05, 0.1) is 25.4 Å². The van der Waals surface area contributed by atoms with Gasteiger partial charge < -0.3 is 30.0 Å². The molecule has 8 rings (SSSR count). The van der Waals surface area contributed by atoms with Crippen LogP contribution >= 0.6 is 0 Å². The van der Waals surface area contributed by atoms with Crippen LogP contribution in [0.3, 0.4) is 0 Å². The highest BCUT2D eigenvalue weighted by atomic mass is 16.5. The zero-order chi connectivity index (χ0) is 43.8. The molecule has 14 heteroatoms. The lowest BCUT2D eigenvalue weighted by Crippen LogP contribution is -2.52. The van der Waals surface area contributed by atoms with Gasteiger partial charge in [-0.25, -0.2) is 9.69 Å². The van der Waals surface area contributed by atoms with Gasteiger partial charge in [-0.05, 0) is 84.6 Å². The summed E-state index contributed by atoms with van der Waals surface area (Å²) in [5.74, 6) is -0.360. The average molecular weight is 847 g/mol. The first kappa shape index (κ1) is 46.4. The number of nitrogens with one attached hydrogen (secondary N) is 4.